The quantitative estimate of drug-likeness (QED) is 0.807. The van der Waals surface area contributed by atoms with Gasteiger partial charge in [0.1, 0.15) is 0 Å². The monoisotopic (exact) mass is 285 g/mol. The molecular weight excluding hydrogens is 266 g/mol. The van der Waals surface area contributed by atoms with Gasteiger partial charge in [-0.25, -0.2) is 4.79 Å². The summed E-state index contributed by atoms with van der Waals surface area (Å²) < 4.78 is 0. The van der Waals surface area contributed by atoms with Gasteiger partial charge in [0, 0.05) is 30.8 Å². The Bertz CT molecular complexity index is 612. The summed E-state index contributed by atoms with van der Waals surface area (Å²) in [4.78, 5) is 19.8. The van der Waals surface area contributed by atoms with E-state index in [1.165, 1.54) is 0 Å². The van der Waals surface area contributed by atoms with Gasteiger partial charge in [0.25, 0.3) is 0 Å². The number of hydrogen-bond acceptors (Lipinski definition) is 4. The van der Waals surface area contributed by atoms with Crippen LogP contribution in [0, 0.1) is 6.92 Å². The third-order valence-corrected chi connectivity index (χ3v) is 3.08. The van der Waals surface area contributed by atoms with Gasteiger partial charge in [-0.3, -0.25) is 9.97 Å². The van der Waals surface area contributed by atoms with Crippen molar-refractivity contribution in [3.05, 3.63) is 48.0 Å². The van der Waals surface area contributed by atoms with E-state index in [0.717, 1.165) is 22.8 Å². The van der Waals surface area contributed by atoms with Gasteiger partial charge in [0.2, 0.25) is 0 Å². The molecule has 1 aromatic heterocycles. The molecule has 0 fully saturated rings. The van der Waals surface area contributed by atoms with E-state index in [1.54, 1.807) is 19.4 Å². The number of nitrogens with zero attached hydrogens (tertiary/aromatic N) is 2. The molecule has 0 bridgehead atoms. The Morgan fingerprint density at radius 3 is 2.33 bits per heavy atom. The zero-order valence-electron chi connectivity index (χ0n) is 12.3. The van der Waals surface area contributed by atoms with Gasteiger partial charge in [-0.2, -0.15) is 0 Å². The van der Waals surface area contributed by atoms with Crippen LogP contribution in [0.2, 0.25) is 0 Å². The first-order valence-electron chi connectivity index (χ1n) is 6.73. The van der Waals surface area contributed by atoms with Gasteiger partial charge < -0.3 is 16.0 Å². The van der Waals surface area contributed by atoms with Crippen LogP contribution < -0.4 is 16.0 Å². The molecule has 0 aliphatic rings. The van der Waals surface area contributed by atoms with Gasteiger partial charge >= 0.3 is 6.03 Å². The molecule has 0 radical (unpaired) electrons. The maximum absolute atomic E-state index is 11.2. The van der Waals surface area contributed by atoms with Gasteiger partial charge in [-0.05, 0) is 38.1 Å². The van der Waals surface area contributed by atoms with Crippen LogP contribution in [0.1, 0.15) is 24.4 Å². The Morgan fingerprint density at radius 2 is 1.71 bits per heavy atom. The molecule has 6 heteroatoms. The lowest BCUT2D eigenvalue weighted by atomic mass is 10.1. The molecule has 6 nitrogen and oxygen atoms in total. The van der Waals surface area contributed by atoms with E-state index in [4.69, 9.17) is 0 Å². The summed E-state index contributed by atoms with van der Waals surface area (Å²) in [6, 6.07) is 7.32. The van der Waals surface area contributed by atoms with Crippen LogP contribution in [0.3, 0.4) is 0 Å². The smallest absolute Gasteiger partial charge is 0.318 e. The number of hydrogen-bond donors (Lipinski definition) is 3. The molecule has 3 N–H and O–H groups in total. The molecule has 0 saturated carbocycles. The second kappa shape index (κ2) is 6.69. The standard InChI is InChI=1S/C15H19N5O/c1-10-14(18-9-8-17-10)11(2)19-12-4-6-13(7-5-12)20-15(21)16-3/h4-9,11,19H,1-3H3,(H2,16,20,21). The van der Waals surface area contributed by atoms with E-state index in [0.29, 0.717) is 0 Å². The second-order valence-corrected chi connectivity index (χ2v) is 4.67. The summed E-state index contributed by atoms with van der Waals surface area (Å²) >= 11 is 0. The lowest BCUT2D eigenvalue weighted by Gasteiger charge is -2.16. The largest absolute Gasteiger partial charge is 0.377 e. The number of rotatable bonds is 4. The summed E-state index contributed by atoms with van der Waals surface area (Å²) in [7, 11) is 1.58. The molecule has 0 spiro atoms. The third kappa shape index (κ3) is 3.92. The first-order chi connectivity index (χ1) is 10.1. The van der Waals surface area contributed by atoms with Crippen molar-refractivity contribution in [3.8, 4) is 0 Å². The van der Waals surface area contributed by atoms with Crippen molar-refractivity contribution in [1.29, 1.82) is 0 Å². The van der Waals surface area contributed by atoms with Gasteiger partial charge in [-0.1, -0.05) is 0 Å². The van der Waals surface area contributed by atoms with Crippen LogP contribution in [-0.2, 0) is 0 Å². The fourth-order valence-corrected chi connectivity index (χ4v) is 2.01. The number of benzene rings is 1. The molecule has 0 aliphatic carbocycles. The topological polar surface area (TPSA) is 78.9 Å². The van der Waals surface area contributed by atoms with Gasteiger partial charge in [-0.15, -0.1) is 0 Å². The Balaban J connectivity index is 2.03. The zero-order valence-corrected chi connectivity index (χ0v) is 12.3. The normalized spacial score (nSPS) is 11.6. The highest BCUT2D eigenvalue weighted by molar-refractivity contribution is 5.89. The predicted octanol–water partition coefficient (Wildman–Crippen LogP) is 2.71. The van der Waals surface area contributed by atoms with Crippen LogP contribution >= 0.6 is 0 Å². The van der Waals surface area contributed by atoms with Crippen molar-refractivity contribution in [1.82, 2.24) is 15.3 Å². The minimum atomic E-state index is -0.237. The van der Waals surface area contributed by atoms with Crippen molar-refractivity contribution >= 4 is 17.4 Å². The SMILES string of the molecule is CNC(=O)Nc1ccc(NC(C)c2nccnc2C)cc1. The number of nitrogens with one attached hydrogen (secondary N) is 3. The molecule has 1 unspecified atom stereocenters. The Labute approximate surface area is 124 Å². The maximum atomic E-state index is 11.2. The molecule has 2 amide bonds. The van der Waals surface area contributed by atoms with Crippen molar-refractivity contribution in [2.24, 2.45) is 0 Å². The number of amides is 2. The Hall–Kier alpha value is -2.63. The molecule has 1 aromatic carbocycles. The average Bonchev–Trinajstić information content (AvgIpc) is 2.49. The number of anilines is 2. The van der Waals surface area contributed by atoms with Crippen molar-refractivity contribution in [2.45, 2.75) is 19.9 Å². The molecule has 1 atom stereocenters. The highest BCUT2D eigenvalue weighted by atomic mass is 16.2. The molecule has 2 aromatic rings. The molecule has 110 valence electrons. The van der Waals surface area contributed by atoms with Crippen molar-refractivity contribution in [2.75, 3.05) is 17.7 Å². The van der Waals surface area contributed by atoms with Crippen LogP contribution in [0.15, 0.2) is 36.7 Å². The summed E-state index contributed by atoms with van der Waals surface area (Å²) in [6.07, 6.45) is 3.38. The van der Waals surface area contributed by atoms with Crippen molar-refractivity contribution in [3.63, 3.8) is 0 Å². The molecule has 1 heterocycles. The molecule has 2 rings (SSSR count). The number of urea groups is 1. The van der Waals surface area contributed by atoms with Crippen LogP contribution in [0.5, 0.6) is 0 Å². The van der Waals surface area contributed by atoms with Gasteiger partial charge in [0.05, 0.1) is 17.4 Å². The Kier molecular flexibility index (Phi) is 4.71. The number of carbonyl (C=O) groups excluding carboxylic acids is 1. The third-order valence-electron chi connectivity index (χ3n) is 3.08. The van der Waals surface area contributed by atoms with Gasteiger partial charge in [0.15, 0.2) is 0 Å². The summed E-state index contributed by atoms with van der Waals surface area (Å²) in [5.41, 5.74) is 3.53. The fourth-order valence-electron chi connectivity index (χ4n) is 2.01. The highest BCUT2D eigenvalue weighted by Crippen LogP contribution is 2.20. The summed E-state index contributed by atoms with van der Waals surface area (Å²) in [6.45, 7) is 3.98. The van der Waals surface area contributed by atoms with E-state index < -0.39 is 0 Å². The predicted molar refractivity (Wildman–Crippen MR) is 83.3 cm³/mol. The molecular formula is C15H19N5O. The highest BCUT2D eigenvalue weighted by Gasteiger charge is 2.10. The van der Waals surface area contributed by atoms with E-state index in [-0.39, 0.29) is 12.1 Å². The minimum Gasteiger partial charge on any atom is -0.377 e. The molecule has 0 saturated heterocycles. The van der Waals surface area contributed by atoms with Crippen LogP contribution in [0.4, 0.5) is 16.2 Å². The maximum Gasteiger partial charge on any atom is 0.318 e. The number of aromatic nitrogens is 2. The summed E-state index contributed by atoms with van der Waals surface area (Å²) in [5, 5.41) is 8.58. The lowest BCUT2D eigenvalue weighted by molar-refractivity contribution is 0.254. The molecule has 0 aliphatic heterocycles. The second-order valence-electron chi connectivity index (χ2n) is 4.67. The van der Waals surface area contributed by atoms with E-state index in [9.17, 15) is 4.79 Å². The van der Waals surface area contributed by atoms with E-state index >= 15 is 0 Å². The lowest BCUT2D eigenvalue weighted by Crippen LogP contribution is -2.24. The zero-order chi connectivity index (χ0) is 15.2. The first kappa shape index (κ1) is 14.8. The Morgan fingerprint density at radius 1 is 1.10 bits per heavy atom. The first-order valence-corrected chi connectivity index (χ1v) is 6.73. The van der Waals surface area contributed by atoms with Crippen LogP contribution in [0.25, 0.3) is 0 Å². The number of aryl methyl sites for hydroxylation is 1. The van der Waals surface area contributed by atoms with Crippen LogP contribution in [-0.4, -0.2) is 23.0 Å². The van der Waals surface area contributed by atoms with E-state index in [1.807, 2.05) is 38.1 Å². The van der Waals surface area contributed by atoms with Crippen molar-refractivity contribution < 1.29 is 4.79 Å². The average molecular weight is 285 g/mol. The van der Waals surface area contributed by atoms with E-state index in [2.05, 4.69) is 25.9 Å². The summed E-state index contributed by atoms with van der Waals surface area (Å²) in [5.74, 6) is 0. The number of carbonyl (C=O) groups is 1. The minimum absolute atomic E-state index is 0.0523. The molecule has 21 heavy (non-hydrogen) atoms. The fraction of sp³-hybridized carbons (Fsp3) is 0.267.